The Kier molecular flexibility index (Phi) is 2.81. The summed E-state index contributed by atoms with van der Waals surface area (Å²) in [6.45, 7) is 7.04. The second kappa shape index (κ2) is 4.10. The van der Waals surface area contributed by atoms with Gasteiger partial charge >= 0.3 is 0 Å². The fourth-order valence-corrected chi connectivity index (χ4v) is 1.97. The third-order valence-electron chi connectivity index (χ3n) is 2.27. The first-order valence-corrected chi connectivity index (χ1v) is 5.22. The van der Waals surface area contributed by atoms with E-state index in [0.717, 1.165) is 17.6 Å². The van der Waals surface area contributed by atoms with Crippen LogP contribution in [0.5, 0.6) is 0 Å². The second-order valence-corrected chi connectivity index (χ2v) is 3.94. The Hall–Kier alpha value is -1.23. The van der Waals surface area contributed by atoms with Crippen molar-refractivity contribution in [3.8, 4) is 0 Å². The maximum absolute atomic E-state index is 7.04. The molecule has 1 aliphatic rings. The van der Waals surface area contributed by atoms with Crippen LogP contribution in [0.15, 0.2) is 36.0 Å². The predicted octanol–water partition coefficient (Wildman–Crippen LogP) is 4.58. The summed E-state index contributed by atoms with van der Waals surface area (Å²) in [5.41, 5.74) is 2.38. The molecule has 74 valence electrons. The molecule has 15 heavy (non-hydrogen) atoms. The van der Waals surface area contributed by atoms with Gasteiger partial charge in [0.2, 0.25) is 0 Å². The molecule has 0 N–H and O–H groups in total. The summed E-state index contributed by atoms with van der Waals surface area (Å²) in [4.78, 5) is 3.46. The molecule has 0 aromatic heterocycles. The third-order valence-corrected chi connectivity index (χ3v) is 3.09. The maximum Gasteiger partial charge on any atom is 0.191 e. The fraction of sp³-hybridized carbons (Fsp3) is 0.0833. The largest absolute Gasteiger partial charge is 0.238 e. The van der Waals surface area contributed by atoms with Crippen molar-refractivity contribution >= 4 is 28.8 Å². The number of hydrogen-bond acceptors (Lipinski definition) is 0. The first-order valence-electron chi connectivity index (χ1n) is 4.46. The smallest absolute Gasteiger partial charge is 0.191 e. The van der Waals surface area contributed by atoms with E-state index in [2.05, 4.69) is 4.85 Å². The van der Waals surface area contributed by atoms with E-state index in [1.165, 1.54) is 0 Å². The maximum atomic E-state index is 7.04. The molecule has 0 spiro atoms. The minimum absolute atomic E-state index is 0.516. The molecule has 0 atom stereocenters. The van der Waals surface area contributed by atoms with Crippen LogP contribution < -0.4 is 0 Å². The highest BCUT2D eigenvalue weighted by molar-refractivity contribution is 6.43. The lowest BCUT2D eigenvalue weighted by atomic mass is 10.1. The van der Waals surface area contributed by atoms with Crippen LogP contribution in [0.3, 0.4) is 0 Å². The molecule has 0 radical (unpaired) electrons. The zero-order valence-corrected chi connectivity index (χ0v) is 9.31. The second-order valence-electron chi connectivity index (χ2n) is 3.16. The van der Waals surface area contributed by atoms with Gasteiger partial charge in [0.05, 0.1) is 16.6 Å². The van der Waals surface area contributed by atoms with Crippen molar-refractivity contribution in [3.05, 3.63) is 63.1 Å². The summed E-state index contributed by atoms with van der Waals surface area (Å²) in [6, 6.07) is 5.46. The van der Waals surface area contributed by atoms with Gasteiger partial charge in [-0.25, -0.2) is 4.85 Å². The zero-order valence-electron chi connectivity index (χ0n) is 7.80. The van der Waals surface area contributed by atoms with Crippen molar-refractivity contribution in [1.82, 2.24) is 0 Å². The van der Waals surface area contributed by atoms with Crippen molar-refractivity contribution in [2.45, 2.75) is 6.42 Å². The van der Waals surface area contributed by atoms with Crippen LogP contribution in [-0.2, 0) is 0 Å². The summed E-state index contributed by atoms with van der Waals surface area (Å²) in [6.07, 6.45) is 4.67. The van der Waals surface area contributed by atoms with Crippen LogP contribution in [0.4, 0.5) is 0 Å². The predicted molar refractivity (Wildman–Crippen MR) is 63.7 cm³/mol. The molecule has 0 bridgehead atoms. The Balaban J connectivity index is 2.53. The molecule has 3 heteroatoms. The van der Waals surface area contributed by atoms with E-state index in [9.17, 15) is 0 Å². The number of rotatable bonds is 1. The highest BCUT2D eigenvalue weighted by Gasteiger charge is 2.15. The van der Waals surface area contributed by atoms with Gasteiger partial charge in [0.25, 0.3) is 0 Å². The molecule has 0 aliphatic heterocycles. The number of nitrogens with zero attached hydrogens (tertiary/aromatic N) is 1. The molecular weight excluding hydrogens is 229 g/mol. The summed E-state index contributed by atoms with van der Waals surface area (Å²) in [5.74, 6) is 0. The average Bonchev–Trinajstić information content (AvgIpc) is 2.70. The number of allylic oxidation sites excluding steroid dienone is 3. The number of hydrogen-bond donors (Lipinski definition) is 0. The van der Waals surface area contributed by atoms with E-state index in [1.807, 2.05) is 24.3 Å². The molecule has 2 rings (SSSR count). The van der Waals surface area contributed by atoms with E-state index < -0.39 is 0 Å². The topological polar surface area (TPSA) is 4.36 Å². The van der Waals surface area contributed by atoms with Gasteiger partial charge in [-0.2, -0.15) is 0 Å². The van der Waals surface area contributed by atoms with Crippen LogP contribution in [0.2, 0.25) is 10.0 Å². The SMILES string of the molecule is [C-]#[N+]C1=CCC=C1c1cccc(Cl)c1Cl. The van der Waals surface area contributed by atoms with Gasteiger partial charge < -0.3 is 0 Å². The lowest BCUT2D eigenvalue weighted by Crippen LogP contribution is -1.85. The normalized spacial score (nSPS) is 14.5. The van der Waals surface area contributed by atoms with Crippen molar-refractivity contribution in [1.29, 1.82) is 0 Å². The Bertz CT molecular complexity index is 507. The fourth-order valence-electron chi connectivity index (χ4n) is 1.57. The Morgan fingerprint density at radius 2 is 2.00 bits per heavy atom. The molecule has 0 amide bonds. The van der Waals surface area contributed by atoms with Crippen molar-refractivity contribution < 1.29 is 0 Å². The highest BCUT2D eigenvalue weighted by Crippen LogP contribution is 2.37. The summed E-state index contributed by atoms with van der Waals surface area (Å²) < 4.78 is 0. The third kappa shape index (κ3) is 1.79. The standard InChI is InChI=1S/C12H7Cl2N/c1-15-11-7-3-4-8(11)9-5-2-6-10(13)12(9)14/h2,4-7H,3H2. The van der Waals surface area contributed by atoms with E-state index in [4.69, 9.17) is 29.8 Å². The van der Waals surface area contributed by atoms with Crippen LogP contribution in [-0.4, -0.2) is 0 Å². The van der Waals surface area contributed by atoms with Crippen LogP contribution >= 0.6 is 23.2 Å². The lowest BCUT2D eigenvalue weighted by Gasteiger charge is -2.06. The van der Waals surface area contributed by atoms with Crippen molar-refractivity contribution in [2.24, 2.45) is 0 Å². The number of halogens is 2. The minimum atomic E-state index is 0.516. The molecule has 0 fully saturated rings. The van der Waals surface area contributed by atoms with Gasteiger partial charge in [0, 0.05) is 0 Å². The highest BCUT2D eigenvalue weighted by atomic mass is 35.5. The van der Waals surface area contributed by atoms with Gasteiger partial charge in [-0.3, -0.25) is 0 Å². The molecule has 0 heterocycles. The molecule has 0 saturated heterocycles. The van der Waals surface area contributed by atoms with E-state index in [1.54, 1.807) is 6.07 Å². The van der Waals surface area contributed by atoms with Crippen molar-refractivity contribution in [3.63, 3.8) is 0 Å². The lowest BCUT2D eigenvalue weighted by molar-refractivity contribution is 1.44. The molecular formula is C12H7Cl2N. The average molecular weight is 236 g/mol. The summed E-state index contributed by atoms with van der Waals surface area (Å²) >= 11 is 12.0. The molecule has 1 aromatic rings. The molecule has 1 aromatic carbocycles. The molecule has 0 unspecified atom stereocenters. The van der Waals surface area contributed by atoms with Crippen LogP contribution in [0.25, 0.3) is 10.4 Å². The van der Waals surface area contributed by atoms with Gasteiger partial charge in [0.1, 0.15) is 0 Å². The van der Waals surface area contributed by atoms with Gasteiger partial charge in [-0.15, -0.1) is 0 Å². The number of benzene rings is 1. The first kappa shape index (κ1) is 10.3. The Morgan fingerprint density at radius 1 is 1.20 bits per heavy atom. The summed E-state index contributed by atoms with van der Waals surface area (Å²) in [7, 11) is 0. The first-order chi connectivity index (χ1) is 7.24. The van der Waals surface area contributed by atoms with E-state index in [-0.39, 0.29) is 0 Å². The van der Waals surface area contributed by atoms with E-state index >= 15 is 0 Å². The van der Waals surface area contributed by atoms with E-state index in [0.29, 0.717) is 15.7 Å². The Morgan fingerprint density at radius 3 is 2.73 bits per heavy atom. The Labute approximate surface area is 98.4 Å². The van der Waals surface area contributed by atoms with Gasteiger partial charge in [0.15, 0.2) is 5.70 Å². The van der Waals surface area contributed by atoms with Gasteiger partial charge in [-0.05, 0) is 23.6 Å². The summed E-state index contributed by atoms with van der Waals surface area (Å²) in [5, 5.41) is 1.04. The molecule has 1 nitrogen and oxygen atoms in total. The van der Waals surface area contributed by atoms with Crippen LogP contribution in [0, 0.1) is 6.57 Å². The monoisotopic (exact) mass is 235 g/mol. The molecule has 1 aliphatic carbocycles. The quantitative estimate of drug-likeness (QED) is 0.628. The molecule has 0 saturated carbocycles. The van der Waals surface area contributed by atoms with Crippen molar-refractivity contribution in [2.75, 3.05) is 0 Å². The van der Waals surface area contributed by atoms with Crippen LogP contribution in [0.1, 0.15) is 12.0 Å². The minimum Gasteiger partial charge on any atom is -0.238 e. The zero-order chi connectivity index (χ0) is 10.8. The van der Waals surface area contributed by atoms with Gasteiger partial charge in [-0.1, -0.05) is 47.5 Å².